The van der Waals surface area contributed by atoms with Gasteiger partial charge in [0, 0.05) is 28.8 Å². The van der Waals surface area contributed by atoms with E-state index in [1.807, 2.05) is 121 Å². The Morgan fingerprint density at radius 3 is 1.67 bits per heavy atom. The summed E-state index contributed by atoms with van der Waals surface area (Å²) in [7, 11) is 0. The number of fused-ring (bicyclic) bond motifs is 1. The molecular formula is C36H26N2O5. The normalized spacial score (nSPS) is 16.1. The predicted octanol–water partition coefficient (Wildman–Crippen LogP) is 9.14. The number of nitrogens with zero attached hydrogens (tertiary/aromatic N) is 2. The average molecular weight is 567 g/mol. The summed E-state index contributed by atoms with van der Waals surface area (Å²) in [6, 6.07) is 45.3. The Balaban J connectivity index is 1.54. The van der Waals surface area contributed by atoms with E-state index in [9.17, 15) is 10.1 Å². The van der Waals surface area contributed by atoms with Gasteiger partial charge in [0.2, 0.25) is 6.29 Å². The van der Waals surface area contributed by atoms with Gasteiger partial charge >= 0.3 is 0 Å². The molecule has 43 heavy (non-hydrogen) atoms. The van der Waals surface area contributed by atoms with Gasteiger partial charge in [0.1, 0.15) is 11.8 Å². The summed E-state index contributed by atoms with van der Waals surface area (Å²) in [6.07, 6.45) is -0.854. The van der Waals surface area contributed by atoms with Gasteiger partial charge in [-0.2, -0.15) is 0 Å². The van der Waals surface area contributed by atoms with Crippen LogP contribution in [0.15, 0.2) is 150 Å². The first kappa shape index (κ1) is 26.3. The molecular weight excluding hydrogens is 540 g/mol. The minimum atomic E-state index is -0.854. The highest BCUT2D eigenvalue weighted by molar-refractivity contribution is 5.78. The van der Waals surface area contributed by atoms with E-state index < -0.39 is 17.3 Å². The van der Waals surface area contributed by atoms with Gasteiger partial charge in [-0.3, -0.25) is 10.1 Å². The molecule has 6 aromatic rings. The third-order valence-electron chi connectivity index (χ3n) is 7.42. The van der Waals surface area contributed by atoms with E-state index in [0.717, 1.165) is 27.8 Å². The minimum absolute atomic E-state index is 0.00830. The van der Waals surface area contributed by atoms with Crippen LogP contribution in [0.5, 0.6) is 5.75 Å². The SMILES string of the molecule is O=[N+]([O-])c1ccc(N2O[C@@H](c3ccccc3)Oc3c(-c4ccccc4)oc(-c4ccccc4)c3[C@H]2c2ccccc2)cc1. The molecule has 7 heteroatoms. The number of hydroxylamine groups is 1. The van der Waals surface area contributed by atoms with Crippen LogP contribution < -0.4 is 9.80 Å². The molecule has 0 radical (unpaired) electrons. The summed E-state index contributed by atoms with van der Waals surface area (Å²) < 4.78 is 13.6. The van der Waals surface area contributed by atoms with Gasteiger partial charge in [0.15, 0.2) is 11.5 Å². The summed E-state index contributed by atoms with van der Waals surface area (Å²) in [6.45, 7) is 0. The largest absolute Gasteiger partial charge is 0.454 e. The van der Waals surface area contributed by atoms with E-state index in [0.29, 0.717) is 23.0 Å². The molecule has 0 saturated heterocycles. The van der Waals surface area contributed by atoms with Crippen LogP contribution >= 0.6 is 0 Å². The molecule has 0 amide bonds. The second-order valence-electron chi connectivity index (χ2n) is 10.1. The number of ether oxygens (including phenoxy) is 1. The van der Waals surface area contributed by atoms with Gasteiger partial charge in [-0.15, -0.1) is 0 Å². The van der Waals surface area contributed by atoms with Crippen LogP contribution in [0.4, 0.5) is 11.4 Å². The lowest BCUT2D eigenvalue weighted by Crippen LogP contribution is -2.30. The van der Waals surface area contributed by atoms with Crippen molar-refractivity contribution in [1.82, 2.24) is 0 Å². The van der Waals surface area contributed by atoms with Crippen LogP contribution in [0, 0.1) is 10.1 Å². The number of furan rings is 1. The summed E-state index contributed by atoms with van der Waals surface area (Å²) >= 11 is 0. The van der Waals surface area contributed by atoms with Crippen LogP contribution in [-0.2, 0) is 4.84 Å². The first-order chi connectivity index (χ1) is 21.2. The molecule has 1 aromatic heterocycles. The number of hydrogen-bond acceptors (Lipinski definition) is 6. The zero-order valence-electron chi connectivity index (χ0n) is 22.9. The van der Waals surface area contributed by atoms with Crippen LogP contribution in [0.2, 0.25) is 0 Å². The molecule has 2 heterocycles. The highest BCUT2D eigenvalue weighted by Crippen LogP contribution is 2.53. The molecule has 1 aliphatic heterocycles. The Morgan fingerprint density at radius 1 is 0.605 bits per heavy atom. The van der Waals surface area contributed by atoms with Crippen molar-refractivity contribution in [3.63, 3.8) is 0 Å². The van der Waals surface area contributed by atoms with E-state index in [-0.39, 0.29) is 5.69 Å². The zero-order chi connectivity index (χ0) is 29.2. The van der Waals surface area contributed by atoms with Crippen molar-refractivity contribution in [3.8, 4) is 28.4 Å². The quantitative estimate of drug-likeness (QED) is 0.148. The Bertz CT molecular complexity index is 1840. The fraction of sp³-hybridized carbons (Fsp3) is 0.0556. The van der Waals surface area contributed by atoms with Crippen molar-refractivity contribution >= 4 is 11.4 Å². The first-order valence-electron chi connectivity index (χ1n) is 13.9. The maximum atomic E-state index is 11.5. The molecule has 7 rings (SSSR count). The van der Waals surface area contributed by atoms with Crippen molar-refractivity contribution in [2.24, 2.45) is 0 Å². The fourth-order valence-corrected chi connectivity index (χ4v) is 5.40. The molecule has 0 aliphatic carbocycles. The maximum absolute atomic E-state index is 11.5. The van der Waals surface area contributed by atoms with Crippen molar-refractivity contribution in [2.75, 3.05) is 5.06 Å². The Morgan fingerprint density at radius 2 is 1.12 bits per heavy atom. The van der Waals surface area contributed by atoms with Crippen molar-refractivity contribution in [1.29, 1.82) is 0 Å². The second-order valence-corrected chi connectivity index (χ2v) is 10.1. The third kappa shape index (κ3) is 5.03. The molecule has 210 valence electrons. The third-order valence-corrected chi connectivity index (χ3v) is 7.42. The van der Waals surface area contributed by atoms with Crippen molar-refractivity contribution in [2.45, 2.75) is 12.3 Å². The number of nitro groups is 1. The molecule has 5 aromatic carbocycles. The standard InChI is InChI=1S/C36H26N2O5/c39-38(40)30-23-21-29(22-24-30)37-32(25-13-5-1-6-14-25)31-33(26-15-7-2-8-16-26)41-34(27-17-9-3-10-18-27)35(31)42-36(43-37)28-19-11-4-12-20-28/h1-24,32,36H/t32-,36+/m1/s1. The number of hydrogen-bond donors (Lipinski definition) is 0. The van der Waals surface area contributed by atoms with Crippen molar-refractivity contribution < 1.29 is 18.9 Å². The average Bonchev–Trinajstić information content (AvgIpc) is 3.34. The number of benzene rings is 5. The molecule has 0 bridgehead atoms. The molecule has 0 fully saturated rings. The van der Waals surface area contributed by atoms with Crippen LogP contribution in [0.25, 0.3) is 22.6 Å². The molecule has 7 nitrogen and oxygen atoms in total. The maximum Gasteiger partial charge on any atom is 0.269 e. The van der Waals surface area contributed by atoms with Gasteiger partial charge in [-0.1, -0.05) is 121 Å². The Labute approximate surface area is 248 Å². The van der Waals surface area contributed by atoms with E-state index in [1.165, 1.54) is 12.1 Å². The highest BCUT2D eigenvalue weighted by Gasteiger charge is 2.41. The van der Waals surface area contributed by atoms with Crippen LogP contribution in [-0.4, -0.2) is 4.92 Å². The molecule has 0 unspecified atom stereocenters. The predicted molar refractivity (Wildman–Crippen MR) is 164 cm³/mol. The smallest absolute Gasteiger partial charge is 0.269 e. The topological polar surface area (TPSA) is 78.0 Å². The van der Waals surface area contributed by atoms with Crippen LogP contribution in [0.1, 0.15) is 29.0 Å². The summed E-state index contributed by atoms with van der Waals surface area (Å²) in [5, 5.41) is 13.3. The van der Waals surface area contributed by atoms with Gasteiger partial charge in [-0.25, -0.2) is 9.90 Å². The van der Waals surface area contributed by atoms with Crippen molar-refractivity contribution in [3.05, 3.63) is 172 Å². The van der Waals surface area contributed by atoms with Gasteiger partial charge in [0.05, 0.1) is 16.2 Å². The number of anilines is 1. The van der Waals surface area contributed by atoms with Gasteiger partial charge in [-0.05, 0) is 17.7 Å². The van der Waals surface area contributed by atoms with E-state index in [1.54, 1.807) is 17.2 Å². The fourth-order valence-electron chi connectivity index (χ4n) is 5.40. The number of non-ortho nitro benzene ring substituents is 1. The molecule has 0 N–H and O–H groups in total. The molecule has 1 aliphatic rings. The van der Waals surface area contributed by atoms with E-state index in [4.69, 9.17) is 14.0 Å². The zero-order valence-corrected chi connectivity index (χ0v) is 22.9. The lowest BCUT2D eigenvalue weighted by Gasteiger charge is -2.32. The summed E-state index contributed by atoms with van der Waals surface area (Å²) in [5.74, 6) is 1.80. The highest BCUT2D eigenvalue weighted by atomic mass is 16.8. The molecule has 2 atom stereocenters. The van der Waals surface area contributed by atoms with Crippen LogP contribution in [0.3, 0.4) is 0 Å². The Kier molecular flexibility index (Phi) is 6.91. The second kappa shape index (κ2) is 11.3. The first-order valence-corrected chi connectivity index (χ1v) is 13.9. The summed E-state index contributed by atoms with van der Waals surface area (Å²) in [5.41, 5.74) is 4.88. The Hall–Kier alpha value is -5.66. The number of rotatable bonds is 6. The minimum Gasteiger partial charge on any atom is -0.454 e. The van der Waals surface area contributed by atoms with E-state index in [2.05, 4.69) is 0 Å². The van der Waals surface area contributed by atoms with E-state index >= 15 is 0 Å². The molecule has 0 saturated carbocycles. The number of nitro benzene ring substituents is 1. The van der Waals surface area contributed by atoms with Gasteiger partial charge < -0.3 is 9.15 Å². The lowest BCUT2D eigenvalue weighted by atomic mass is 9.94. The monoisotopic (exact) mass is 566 g/mol. The molecule has 0 spiro atoms. The lowest BCUT2D eigenvalue weighted by molar-refractivity contribution is -0.384. The summed E-state index contributed by atoms with van der Waals surface area (Å²) in [4.78, 5) is 17.9. The van der Waals surface area contributed by atoms with Gasteiger partial charge in [0.25, 0.3) is 5.69 Å².